The van der Waals surface area contributed by atoms with E-state index in [1.54, 1.807) is 0 Å². The van der Waals surface area contributed by atoms with Crippen molar-refractivity contribution >= 4 is 12.4 Å². The summed E-state index contributed by atoms with van der Waals surface area (Å²) in [6.07, 6.45) is 7.05. The average molecular weight is 159 g/mol. The lowest BCUT2D eigenvalue weighted by Crippen LogP contribution is -1.99. The zero-order chi connectivity index (χ0) is 6.10. The normalized spacial score (nSPS) is 15.6. The molecule has 1 heterocycles. The molecule has 2 rings (SSSR count). The zero-order valence-electron chi connectivity index (χ0n) is 5.76. The Morgan fingerprint density at radius 2 is 2.10 bits per heavy atom. The van der Waals surface area contributed by atoms with Crippen molar-refractivity contribution in [2.45, 2.75) is 25.7 Å². The summed E-state index contributed by atoms with van der Waals surface area (Å²) in [6.45, 7) is 0. The van der Waals surface area contributed by atoms with Gasteiger partial charge < -0.3 is 0 Å². The number of aromatic amines is 1. The topological polar surface area (TPSA) is 28.7 Å². The third kappa shape index (κ3) is 1.16. The van der Waals surface area contributed by atoms with Crippen molar-refractivity contribution in [1.82, 2.24) is 10.2 Å². The lowest BCUT2D eigenvalue weighted by Gasteiger charge is -2.07. The lowest BCUT2D eigenvalue weighted by atomic mass is 9.99. The molecule has 0 radical (unpaired) electrons. The Bertz CT molecular complexity index is 187. The number of hydrogen-bond acceptors (Lipinski definition) is 1. The second kappa shape index (κ2) is 3.06. The molecule has 1 aliphatic carbocycles. The van der Waals surface area contributed by atoms with Crippen LogP contribution in [-0.2, 0) is 12.8 Å². The van der Waals surface area contributed by atoms with Gasteiger partial charge in [-0.2, -0.15) is 5.10 Å². The Morgan fingerprint density at radius 1 is 1.30 bits per heavy atom. The van der Waals surface area contributed by atoms with Gasteiger partial charge in [0.25, 0.3) is 0 Å². The molecule has 0 bridgehead atoms. The van der Waals surface area contributed by atoms with E-state index in [0.717, 1.165) is 0 Å². The van der Waals surface area contributed by atoms with Crippen LogP contribution in [0, 0.1) is 0 Å². The van der Waals surface area contributed by atoms with Crippen molar-refractivity contribution in [3.8, 4) is 0 Å². The average Bonchev–Trinajstić information content (AvgIpc) is 2.33. The van der Waals surface area contributed by atoms with Gasteiger partial charge in [-0.3, -0.25) is 5.10 Å². The number of aromatic nitrogens is 2. The summed E-state index contributed by atoms with van der Waals surface area (Å²) in [6, 6.07) is 0. The molecule has 3 heteroatoms. The first-order chi connectivity index (χ1) is 4.47. The van der Waals surface area contributed by atoms with E-state index in [1.165, 1.54) is 36.9 Å². The van der Waals surface area contributed by atoms with Gasteiger partial charge >= 0.3 is 0 Å². The predicted octanol–water partition coefficient (Wildman–Crippen LogP) is 1.71. The predicted molar refractivity (Wildman–Crippen MR) is 42.5 cm³/mol. The fourth-order valence-corrected chi connectivity index (χ4v) is 1.39. The molecular weight excluding hydrogens is 148 g/mol. The maximum absolute atomic E-state index is 3.98. The minimum absolute atomic E-state index is 0. The Balaban J connectivity index is 0.000000500. The van der Waals surface area contributed by atoms with Crippen LogP contribution in [0.2, 0.25) is 0 Å². The molecule has 1 aromatic heterocycles. The summed E-state index contributed by atoms with van der Waals surface area (Å²) in [4.78, 5) is 0. The van der Waals surface area contributed by atoms with E-state index < -0.39 is 0 Å². The number of nitrogens with one attached hydrogen (secondary N) is 1. The van der Waals surface area contributed by atoms with E-state index in [9.17, 15) is 0 Å². The smallest absolute Gasteiger partial charge is 0.0522 e. The lowest BCUT2D eigenvalue weighted by molar-refractivity contribution is 0.675. The van der Waals surface area contributed by atoms with Gasteiger partial charge in [0.15, 0.2) is 0 Å². The molecule has 56 valence electrons. The largest absolute Gasteiger partial charge is 0.282 e. The molecule has 1 aliphatic rings. The molecule has 1 N–H and O–H groups in total. The second-order valence-electron chi connectivity index (χ2n) is 2.58. The van der Waals surface area contributed by atoms with E-state index in [2.05, 4.69) is 10.2 Å². The van der Waals surface area contributed by atoms with Crippen LogP contribution < -0.4 is 0 Å². The molecule has 0 fully saturated rings. The van der Waals surface area contributed by atoms with Crippen LogP contribution in [0.1, 0.15) is 24.1 Å². The van der Waals surface area contributed by atoms with Crippen molar-refractivity contribution in [3.63, 3.8) is 0 Å². The highest BCUT2D eigenvalue weighted by Gasteiger charge is 2.08. The fourth-order valence-electron chi connectivity index (χ4n) is 1.39. The molecule has 0 amide bonds. The van der Waals surface area contributed by atoms with Gasteiger partial charge in [0, 0.05) is 5.69 Å². The minimum atomic E-state index is 0. The minimum Gasteiger partial charge on any atom is -0.282 e. The molecule has 0 saturated carbocycles. The third-order valence-corrected chi connectivity index (χ3v) is 1.93. The van der Waals surface area contributed by atoms with Gasteiger partial charge in [0.05, 0.1) is 6.20 Å². The van der Waals surface area contributed by atoms with Crippen molar-refractivity contribution < 1.29 is 0 Å². The molecule has 0 aliphatic heterocycles. The number of rotatable bonds is 0. The molecule has 1 aromatic rings. The van der Waals surface area contributed by atoms with Crippen molar-refractivity contribution in [2.24, 2.45) is 0 Å². The number of hydrogen-bond donors (Lipinski definition) is 1. The van der Waals surface area contributed by atoms with Crippen LogP contribution in [0.25, 0.3) is 0 Å². The maximum atomic E-state index is 3.98. The molecule has 0 saturated heterocycles. The fraction of sp³-hybridized carbons (Fsp3) is 0.571. The molecule has 0 spiro atoms. The molecule has 0 aromatic carbocycles. The van der Waals surface area contributed by atoms with Crippen LogP contribution in [0.15, 0.2) is 6.20 Å². The highest BCUT2D eigenvalue weighted by atomic mass is 35.5. The highest BCUT2D eigenvalue weighted by molar-refractivity contribution is 5.85. The second-order valence-corrected chi connectivity index (χ2v) is 2.58. The molecule has 10 heavy (non-hydrogen) atoms. The Hall–Kier alpha value is -0.500. The van der Waals surface area contributed by atoms with Crippen molar-refractivity contribution in [1.29, 1.82) is 0 Å². The summed E-state index contributed by atoms with van der Waals surface area (Å²) in [5.41, 5.74) is 2.79. The van der Waals surface area contributed by atoms with E-state index in [-0.39, 0.29) is 12.4 Å². The van der Waals surface area contributed by atoms with Gasteiger partial charge in [-0.25, -0.2) is 0 Å². The zero-order valence-corrected chi connectivity index (χ0v) is 6.58. The quantitative estimate of drug-likeness (QED) is 0.612. The van der Waals surface area contributed by atoms with Crippen LogP contribution in [-0.4, -0.2) is 10.2 Å². The summed E-state index contributed by atoms with van der Waals surface area (Å²) in [5.74, 6) is 0. The third-order valence-electron chi connectivity index (χ3n) is 1.93. The first-order valence-electron chi connectivity index (χ1n) is 3.48. The number of nitrogens with zero attached hydrogens (tertiary/aromatic N) is 1. The van der Waals surface area contributed by atoms with Gasteiger partial charge in [0.2, 0.25) is 0 Å². The Kier molecular flexibility index (Phi) is 2.33. The number of aryl methyl sites for hydroxylation is 2. The van der Waals surface area contributed by atoms with E-state index in [1.807, 2.05) is 6.20 Å². The number of halogens is 1. The maximum Gasteiger partial charge on any atom is 0.0522 e. The molecule has 0 unspecified atom stereocenters. The first-order valence-corrected chi connectivity index (χ1v) is 3.48. The molecule has 2 nitrogen and oxygen atoms in total. The summed E-state index contributed by atoms with van der Waals surface area (Å²) in [5, 5.41) is 6.99. The number of fused-ring (bicyclic) bond motifs is 1. The van der Waals surface area contributed by atoms with Gasteiger partial charge in [-0.05, 0) is 31.2 Å². The van der Waals surface area contributed by atoms with Crippen molar-refractivity contribution in [3.05, 3.63) is 17.5 Å². The standard InChI is InChI=1S/C7H10N2.ClH/c1-2-4-7-6(3-1)5-8-9-7;/h5H,1-4H2,(H,8,9);1H. The Labute approximate surface area is 66.4 Å². The van der Waals surface area contributed by atoms with Gasteiger partial charge in [-0.15, -0.1) is 12.4 Å². The van der Waals surface area contributed by atoms with E-state index in [0.29, 0.717) is 0 Å². The SMILES string of the molecule is Cl.c1n[nH]c2c1CCCC2. The van der Waals surface area contributed by atoms with E-state index in [4.69, 9.17) is 0 Å². The van der Waals surface area contributed by atoms with Crippen molar-refractivity contribution in [2.75, 3.05) is 0 Å². The summed E-state index contributed by atoms with van der Waals surface area (Å²) in [7, 11) is 0. The monoisotopic (exact) mass is 158 g/mol. The van der Waals surface area contributed by atoms with Gasteiger partial charge in [0.1, 0.15) is 0 Å². The van der Waals surface area contributed by atoms with Crippen LogP contribution in [0.3, 0.4) is 0 Å². The highest BCUT2D eigenvalue weighted by Crippen LogP contribution is 2.17. The van der Waals surface area contributed by atoms with Crippen LogP contribution in [0.4, 0.5) is 0 Å². The first kappa shape index (κ1) is 7.61. The summed E-state index contributed by atoms with van der Waals surface area (Å²) < 4.78 is 0. The van der Waals surface area contributed by atoms with E-state index >= 15 is 0 Å². The van der Waals surface area contributed by atoms with Crippen LogP contribution >= 0.6 is 12.4 Å². The summed E-state index contributed by atoms with van der Waals surface area (Å²) >= 11 is 0. The molecule has 0 atom stereocenters. The molecular formula is C7H11ClN2. The van der Waals surface area contributed by atoms with Crippen LogP contribution in [0.5, 0.6) is 0 Å². The number of H-pyrrole nitrogens is 1. The Morgan fingerprint density at radius 3 is 2.90 bits per heavy atom. The van der Waals surface area contributed by atoms with Gasteiger partial charge in [-0.1, -0.05) is 0 Å².